The first-order valence-corrected chi connectivity index (χ1v) is 47.8. The van der Waals surface area contributed by atoms with Crippen molar-refractivity contribution in [1.29, 1.82) is 0 Å². The number of aromatic carboxylic acids is 1. The molecular weight excluding hydrogens is 1770 g/mol. The predicted molar refractivity (Wildman–Crippen MR) is 520 cm³/mol. The van der Waals surface area contributed by atoms with Gasteiger partial charge in [-0.25, -0.2) is 31.9 Å². The van der Waals surface area contributed by atoms with Crippen molar-refractivity contribution in [2.24, 2.45) is 23.7 Å². The monoisotopic (exact) mass is 1910 g/mol. The van der Waals surface area contributed by atoms with E-state index in [1.165, 1.54) is 49.9 Å². The fourth-order valence-electron chi connectivity index (χ4n) is 18.1. The number of nitrogens with two attached hydrogens (primary N) is 1. The van der Waals surface area contributed by atoms with Gasteiger partial charge in [-0.1, -0.05) is 110 Å². The fraction of sp³-hybridized carbons (Fsp3) is 0.454. The number of benzene rings is 8. The zero-order chi connectivity index (χ0) is 101. The molecule has 6 aliphatic rings. The summed E-state index contributed by atoms with van der Waals surface area (Å²) in [6.45, 7) is 27.9. The van der Waals surface area contributed by atoms with Crippen molar-refractivity contribution in [2.45, 2.75) is 241 Å². The van der Waals surface area contributed by atoms with Crippen LogP contribution in [-0.2, 0) is 52.4 Å². The lowest BCUT2D eigenvalue weighted by Gasteiger charge is -2.41. The maximum Gasteiger partial charge on any atom is 0.412 e. The molecule has 30 heteroatoms. The molecule has 0 bridgehead atoms. The van der Waals surface area contributed by atoms with E-state index >= 15 is 0 Å². The number of nitrogens with zero attached hydrogens (tertiary/aromatic N) is 3. The summed E-state index contributed by atoms with van der Waals surface area (Å²) in [5.41, 5.74) is 12.8. The largest absolute Gasteiger partial charge is 0.478 e. The summed E-state index contributed by atoms with van der Waals surface area (Å²) >= 11 is 0. The minimum Gasteiger partial charge on any atom is -0.478 e. The number of ether oxygens (including phenoxy) is 6. The number of nitrogen functional groups attached to an aromatic ring is 1. The highest BCUT2D eigenvalue weighted by Gasteiger charge is 2.46. The first-order chi connectivity index (χ1) is 65.8. The van der Waals surface area contributed by atoms with E-state index in [-0.39, 0.29) is 77.8 Å². The van der Waals surface area contributed by atoms with Gasteiger partial charge in [0, 0.05) is 67.3 Å². The number of amides is 5. The van der Waals surface area contributed by atoms with Crippen LogP contribution < -0.4 is 27.0 Å². The SMILES string of the molecule is CCOC(=O)[C@H]1CCCN(C(=O)c2c(C)cccc2F)C1c1ccc(N)cc1.CCOC(=O)[C@H]1CCCN(C(=O)c2c(C)cccc2F)C1c1ccc(NC(=O)OC(C)(C)C)cc1.CCOC(=O)[C@H]1CCCN(C(=O)c2c(C)cccc2F)C1c1ccc(NC2CCCC2)cc1.CCOC(=O)[C@H]1CCCNC1c1ccc(NC(=O)OC(C)(C)C)cc1.Cc1cccc(F)c1C(=O)O.O=C1CCCC1. The molecule has 138 heavy (non-hydrogen) atoms. The Balaban J connectivity index is 0.000000195. The maximum absolute atomic E-state index is 14.7. The third-order valence-electron chi connectivity index (χ3n) is 24.5. The zero-order valence-corrected chi connectivity index (χ0v) is 81.7. The van der Waals surface area contributed by atoms with Gasteiger partial charge in [0.15, 0.2) is 0 Å². The number of hydrogen-bond acceptors (Lipinski definition) is 20. The van der Waals surface area contributed by atoms with Crippen molar-refractivity contribution in [3.05, 3.63) is 260 Å². The molecule has 8 aromatic carbocycles. The van der Waals surface area contributed by atoms with Crippen molar-refractivity contribution >= 4 is 88.3 Å². The van der Waals surface area contributed by atoms with E-state index in [4.69, 9.17) is 39.3 Å². The van der Waals surface area contributed by atoms with Crippen LogP contribution in [0.15, 0.2) is 170 Å². The molecule has 742 valence electrons. The molecule has 14 rings (SSSR count). The van der Waals surface area contributed by atoms with Crippen LogP contribution in [0.5, 0.6) is 0 Å². The van der Waals surface area contributed by atoms with E-state index in [1.54, 1.807) is 163 Å². The molecular formula is C108H134F4N8O18. The second-order valence-electron chi connectivity index (χ2n) is 37.0. The summed E-state index contributed by atoms with van der Waals surface area (Å²) in [6.07, 6.45) is 13.2. The van der Waals surface area contributed by atoms with E-state index in [0.717, 1.165) is 73.5 Å². The minimum atomic E-state index is -1.22. The lowest BCUT2D eigenvalue weighted by atomic mass is 9.84. The van der Waals surface area contributed by atoms with Crippen LogP contribution in [0, 0.1) is 74.6 Å². The summed E-state index contributed by atoms with van der Waals surface area (Å²) in [7, 11) is 0. The van der Waals surface area contributed by atoms with Gasteiger partial charge in [-0.2, -0.15) is 0 Å². The molecule has 2 saturated carbocycles. The molecule has 26 nitrogen and oxygen atoms in total. The summed E-state index contributed by atoms with van der Waals surface area (Å²) < 4.78 is 88.2. The van der Waals surface area contributed by atoms with Gasteiger partial charge in [0.25, 0.3) is 17.7 Å². The number of esters is 4. The van der Waals surface area contributed by atoms with Crippen LogP contribution >= 0.6 is 0 Å². The molecule has 4 aliphatic heterocycles. The Morgan fingerprint density at radius 2 is 0.696 bits per heavy atom. The number of anilines is 4. The average Bonchev–Trinajstić information content (AvgIpc) is 0.825. The normalized spacial score (nSPS) is 19.0. The van der Waals surface area contributed by atoms with Crippen molar-refractivity contribution in [3.8, 4) is 0 Å². The number of rotatable bonds is 20. The minimum absolute atomic E-state index is 0.00483. The highest BCUT2D eigenvalue weighted by molar-refractivity contribution is 5.99. The van der Waals surface area contributed by atoms with E-state index in [9.17, 15) is 70.3 Å². The first kappa shape index (κ1) is 109. The molecule has 0 radical (unpaired) electrons. The van der Waals surface area contributed by atoms with Crippen LogP contribution in [-0.4, -0.2) is 155 Å². The van der Waals surface area contributed by atoms with Crippen molar-refractivity contribution in [3.63, 3.8) is 0 Å². The second kappa shape index (κ2) is 52.0. The summed E-state index contributed by atoms with van der Waals surface area (Å²) in [4.78, 5) is 140. The Bertz CT molecular complexity index is 5380. The van der Waals surface area contributed by atoms with Crippen molar-refractivity contribution in [2.75, 3.05) is 74.3 Å². The highest BCUT2D eigenvalue weighted by atomic mass is 19.1. The number of carbonyl (C=O) groups excluding carboxylic acids is 10. The van der Waals surface area contributed by atoms with Crippen LogP contribution in [0.3, 0.4) is 0 Å². The molecule has 4 saturated heterocycles. The predicted octanol–water partition coefficient (Wildman–Crippen LogP) is 21.8. The van der Waals surface area contributed by atoms with Crippen LogP contribution in [0.25, 0.3) is 0 Å². The maximum atomic E-state index is 14.7. The lowest BCUT2D eigenvalue weighted by molar-refractivity contribution is -0.152. The second-order valence-corrected chi connectivity index (χ2v) is 37.0. The van der Waals surface area contributed by atoms with Gasteiger partial charge in [-0.15, -0.1) is 0 Å². The summed E-state index contributed by atoms with van der Waals surface area (Å²) in [5, 5.41) is 20.9. The van der Waals surface area contributed by atoms with E-state index in [2.05, 4.69) is 21.3 Å². The topological polar surface area (TPSA) is 347 Å². The molecule has 2 aliphatic carbocycles. The van der Waals surface area contributed by atoms with Crippen molar-refractivity contribution < 1.29 is 104 Å². The van der Waals surface area contributed by atoms with Gasteiger partial charge in [0.2, 0.25) is 0 Å². The third-order valence-corrected chi connectivity index (χ3v) is 24.5. The number of carboxylic acid groups (broad SMARTS) is 1. The number of Topliss-reactive ketones (excluding diaryl/α,β-unsaturated/α-hetero) is 1. The Morgan fingerprint density at radius 3 is 0.993 bits per heavy atom. The number of piperidine rings is 4. The molecule has 6 fully saturated rings. The number of carbonyl (C=O) groups is 11. The summed E-state index contributed by atoms with van der Waals surface area (Å²) in [5.74, 6) is -7.35. The zero-order valence-electron chi connectivity index (χ0n) is 81.7. The quantitative estimate of drug-likeness (QED) is 0.0179. The number of hydrogen-bond donors (Lipinski definition) is 6. The van der Waals surface area contributed by atoms with Crippen LogP contribution in [0.1, 0.15) is 282 Å². The van der Waals surface area contributed by atoms with E-state index in [0.29, 0.717) is 121 Å². The number of likely N-dealkylation sites (tertiary alicyclic amines) is 3. The van der Waals surface area contributed by atoms with Gasteiger partial charge >= 0.3 is 42.0 Å². The smallest absolute Gasteiger partial charge is 0.412 e. The van der Waals surface area contributed by atoms with Gasteiger partial charge in [0.05, 0.1) is 90.5 Å². The van der Waals surface area contributed by atoms with Gasteiger partial charge < -0.3 is 64.6 Å². The first-order valence-electron chi connectivity index (χ1n) is 47.8. The molecule has 0 aromatic heterocycles. The Hall–Kier alpha value is -13.0. The molecule has 0 spiro atoms. The Morgan fingerprint density at radius 1 is 0.391 bits per heavy atom. The number of nitrogens with one attached hydrogen (secondary N) is 4. The van der Waals surface area contributed by atoms with E-state index < -0.39 is 106 Å². The molecule has 8 atom stereocenters. The number of carboxylic acids is 1. The van der Waals surface area contributed by atoms with E-state index in [1.807, 2.05) is 88.4 Å². The lowest BCUT2D eigenvalue weighted by Crippen LogP contribution is -2.46. The van der Waals surface area contributed by atoms with Crippen molar-refractivity contribution in [1.82, 2.24) is 20.0 Å². The number of aryl methyl sites for hydroxylation is 4. The van der Waals surface area contributed by atoms with Gasteiger partial charge in [-0.3, -0.25) is 49.0 Å². The fourth-order valence-corrected chi connectivity index (χ4v) is 18.1. The average molecular weight is 1910 g/mol. The number of halogens is 4. The highest BCUT2D eigenvalue weighted by Crippen LogP contribution is 2.44. The van der Waals surface area contributed by atoms with Gasteiger partial charge in [0.1, 0.15) is 40.3 Å². The van der Waals surface area contributed by atoms with Gasteiger partial charge in [-0.05, 0) is 298 Å². The molecule has 7 N–H and O–H groups in total. The third kappa shape index (κ3) is 30.8. The summed E-state index contributed by atoms with van der Waals surface area (Å²) in [6, 6.07) is 46.1. The Kier molecular flexibility index (Phi) is 40.9. The number of ketones is 1. The van der Waals surface area contributed by atoms with Crippen LogP contribution in [0.4, 0.5) is 49.9 Å². The molecule has 8 aromatic rings. The molecule has 4 unspecified atom stereocenters. The molecule has 4 heterocycles. The van der Waals surface area contributed by atoms with Crippen LogP contribution in [0.2, 0.25) is 0 Å². The Labute approximate surface area is 806 Å². The molecule has 5 amide bonds. The standard InChI is InChI=1S/C27H33FN2O5.C27H33FN2O3.C22H25FN2O3.C19H28N2O4.C8H7FO2.C5H8O/c1-6-34-25(32)20-10-8-16-30(24(31)22-17(2)9-7-11-21(22)28)23(20)18-12-14-19(15-13-18)29-26(33)35-27(3,4)5;1-3-33-27(32)22-11-7-17-30(26(31)24-18(2)8-6-12-23(24)28)25(22)19-13-15-21(16-14-19)29-20-9-4-5-10-20;1-3-28-22(27)17-7-5-13-25(20(17)15-9-11-16(24)12-10-15)21(26)19-14(2)6-4-8-18(19)23;1-5-24-17(22)15-7-6-12-20-16(15)13-8-10-14(11-9-13)21-18(23)25-19(2,3)4;1-5-3-2-4-6(9)7(5)8(10)11;6-5-3-1-2-4-5/h7,9,11-15,20,23H,6,8,10,16H2,1-5H3,(H,29,33);6,8,12-16,20,22,25,29H,3-5,7,9-11,17H2,1-2H3;4,6,8-12,17,20H,3,5,7,13,24H2,1-2H3;8-11,15-16,20H,5-7,12H2,1-4H3,(H,21,23);2-4H,1H3,(H,10,11);1-4H2/t20-,23?;22-,25?;17-,20?;15-,16?;;/m0000../s1.